The first-order valence-electron chi connectivity index (χ1n) is 7.31. The largest absolute Gasteiger partial charge is 0.497 e. The molecule has 0 heterocycles. The molecule has 0 radical (unpaired) electrons. The van der Waals surface area contributed by atoms with Crippen LogP contribution in [0, 0.1) is 0 Å². The molecular weight excluding hydrogens is 476 g/mol. The second-order valence-electron chi connectivity index (χ2n) is 4.91. The van der Waals surface area contributed by atoms with Crippen molar-refractivity contribution in [3.05, 3.63) is 58.1 Å². The number of halogens is 3. The molecule has 2 aromatic carbocycles. The van der Waals surface area contributed by atoms with Crippen LogP contribution in [0.5, 0.6) is 5.75 Å². The van der Waals surface area contributed by atoms with Gasteiger partial charge in [0.25, 0.3) is 0 Å². The molecule has 0 bridgehead atoms. The summed E-state index contributed by atoms with van der Waals surface area (Å²) in [7, 11) is 1.62. The summed E-state index contributed by atoms with van der Waals surface area (Å²) < 4.78 is 10.6. The molecule has 25 heavy (non-hydrogen) atoms. The van der Waals surface area contributed by atoms with Crippen molar-refractivity contribution in [2.45, 2.75) is 6.61 Å². The molecule has 0 aliphatic carbocycles. The lowest BCUT2D eigenvalue weighted by molar-refractivity contribution is 0.128. The Balaban J connectivity index is 0.00000312. The maximum Gasteiger partial charge on any atom is 0.193 e. The SMILES string of the molecule is COc1ccc(NC(N)=NCCOCc2ccc(Cl)cc2Cl)cc1.I. The number of methoxy groups -OCH3 is 1. The lowest BCUT2D eigenvalue weighted by atomic mass is 10.2. The summed E-state index contributed by atoms with van der Waals surface area (Å²) in [5.41, 5.74) is 7.55. The number of nitrogens with one attached hydrogen (secondary N) is 1. The average Bonchev–Trinajstić information content (AvgIpc) is 2.57. The van der Waals surface area contributed by atoms with Gasteiger partial charge in [0.2, 0.25) is 0 Å². The van der Waals surface area contributed by atoms with Crippen LogP contribution in [0.1, 0.15) is 5.56 Å². The summed E-state index contributed by atoms with van der Waals surface area (Å²) in [6.07, 6.45) is 0. The van der Waals surface area contributed by atoms with Gasteiger partial charge in [-0.3, -0.25) is 4.99 Å². The Morgan fingerprint density at radius 2 is 1.88 bits per heavy atom. The van der Waals surface area contributed by atoms with Crippen molar-refractivity contribution in [2.75, 3.05) is 25.6 Å². The number of ether oxygens (including phenoxy) is 2. The summed E-state index contributed by atoms with van der Waals surface area (Å²) in [5, 5.41) is 4.19. The molecule has 0 aliphatic heterocycles. The number of nitrogens with zero attached hydrogens (tertiary/aromatic N) is 1. The van der Waals surface area contributed by atoms with E-state index in [0.29, 0.717) is 35.8 Å². The zero-order valence-electron chi connectivity index (χ0n) is 13.7. The molecule has 2 rings (SSSR count). The number of nitrogens with two attached hydrogens (primary N) is 1. The Kier molecular flexibility index (Phi) is 9.96. The molecule has 2 aromatic rings. The summed E-state index contributed by atoms with van der Waals surface area (Å²) in [6, 6.07) is 12.7. The van der Waals surface area contributed by atoms with Crippen molar-refractivity contribution < 1.29 is 9.47 Å². The Bertz CT molecular complexity index is 697. The van der Waals surface area contributed by atoms with Crippen molar-refractivity contribution in [1.82, 2.24) is 0 Å². The van der Waals surface area contributed by atoms with E-state index in [0.717, 1.165) is 17.0 Å². The molecule has 3 N–H and O–H groups in total. The molecule has 0 saturated carbocycles. The zero-order valence-corrected chi connectivity index (χ0v) is 17.5. The van der Waals surface area contributed by atoms with E-state index in [9.17, 15) is 0 Å². The monoisotopic (exact) mass is 495 g/mol. The fraction of sp³-hybridized carbons (Fsp3) is 0.235. The Morgan fingerprint density at radius 1 is 1.16 bits per heavy atom. The molecule has 0 atom stereocenters. The zero-order chi connectivity index (χ0) is 17.4. The lowest BCUT2D eigenvalue weighted by Crippen LogP contribution is -2.23. The molecule has 136 valence electrons. The number of anilines is 1. The maximum absolute atomic E-state index is 6.07. The Hall–Kier alpha value is -1.22. The fourth-order valence-corrected chi connectivity index (χ4v) is 2.38. The second kappa shape index (κ2) is 11.4. The molecule has 0 aromatic heterocycles. The molecule has 0 aliphatic rings. The van der Waals surface area contributed by atoms with Crippen LogP contribution < -0.4 is 15.8 Å². The highest BCUT2D eigenvalue weighted by Crippen LogP contribution is 2.21. The molecule has 5 nitrogen and oxygen atoms in total. The first kappa shape index (κ1) is 21.8. The topological polar surface area (TPSA) is 68.9 Å². The van der Waals surface area contributed by atoms with Crippen molar-refractivity contribution in [3.63, 3.8) is 0 Å². The van der Waals surface area contributed by atoms with E-state index in [2.05, 4.69) is 10.3 Å². The van der Waals surface area contributed by atoms with Gasteiger partial charge in [0.05, 0.1) is 26.9 Å². The second-order valence-corrected chi connectivity index (χ2v) is 5.75. The minimum atomic E-state index is 0. The highest BCUT2D eigenvalue weighted by atomic mass is 127. The number of rotatable bonds is 7. The first-order chi connectivity index (χ1) is 11.6. The van der Waals surface area contributed by atoms with Crippen LogP contribution in [-0.4, -0.2) is 26.2 Å². The number of hydrogen-bond acceptors (Lipinski definition) is 3. The van der Waals surface area contributed by atoms with Gasteiger partial charge in [-0.05, 0) is 42.0 Å². The highest BCUT2D eigenvalue weighted by Gasteiger charge is 2.01. The number of benzene rings is 2. The van der Waals surface area contributed by atoms with Crippen molar-refractivity contribution in [1.29, 1.82) is 0 Å². The predicted octanol–water partition coefficient (Wildman–Crippen LogP) is 4.56. The van der Waals surface area contributed by atoms with E-state index in [4.69, 9.17) is 38.4 Å². The van der Waals surface area contributed by atoms with Crippen molar-refractivity contribution >= 4 is 58.8 Å². The van der Waals surface area contributed by atoms with Crippen LogP contribution in [0.25, 0.3) is 0 Å². The predicted molar refractivity (Wildman–Crippen MR) is 115 cm³/mol. The summed E-state index contributed by atoms with van der Waals surface area (Å²) in [4.78, 5) is 4.20. The highest BCUT2D eigenvalue weighted by molar-refractivity contribution is 14.0. The third kappa shape index (κ3) is 7.68. The third-order valence-corrected chi connectivity index (χ3v) is 3.74. The van der Waals surface area contributed by atoms with E-state index in [1.54, 1.807) is 19.2 Å². The normalized spacial score (nSPS) is 10.9. The molecule has 0 unspecified atom stereocenters. The van der Waals surface area contributed by atoms with Crippen LogP contribution in [0.15, 0.2) is 47.5 Å². The first-order valence-corrected chi connectivity index (χ1v) is 8.07. The molecule has 0 saturated heterocycles. The molecular formula is C17H20Cl2IN3O2. The Morgan fingerprint density at radius 3 is 2.52 bits per heavy atom. The standard InChI is InChI=1S/C17H19Cl2N3O2.HI/c1-23-15-6-4-14(5-7-15)22-17(20)21-8-9-24-11-12-2-3-13(18)10-16(12)19;/h2-7,10H,8-9,11H2,1H3,(H3,20,21,22);1H. The number of guanidine groups is 1. The molecule has 0 spiro atoms. The van der Waals surface area contributed by atoms with E-state index in [-0.39, 0.29) is 24.0 Å². The summed E-state index contributed by atoms with van der Waals surface area (Å²) in [6.45, 7) is 1.28. The van der Waals surface area contributed by atoms with Crippen LogP contribution in [0.2, 0.25) is 10.0 Å². The van der Waals surface area contributed by atoms with Gasteiger partial charge in [0.15, 0.2) is 5.96 Å². The Labute approximate surface area is 174 Å². The van der Waals surface area contributed by atoms with Gasteiger partial charge < -0.3 is 20.5 Å². The number of hydrogen-bond donors (Lipinski definition) is 2. The van der Waals surface area contributed by atoms with Gasteiger partial charge in [0, 0.05) is 15.7 Å². The molecule has 8 heteroatoms. The van der Waals surface area contributed by atoms with Crippen molar-refractivity contribution in [2.24, 2.45) is 10.7 Å². The van der Waals surface area contributed by atoms with Crippen LogP contribution >= 0.6 is 47.2 Å². The fourth-order valence-electron chi connectivity index (χ4n) is 1.91. The van der Waals surface area contributed by atoms with Gasteiger partial charge >= 0.3 is 0 Å². The number of aliphatic imine (C=N–C) groups is 1. The van der Waals surface area contributed by atoms with Gasteiger partial charge in [-0.25, -0.2) is 0 Å². The molecule has 0 fully saturated rings. The van der Waals surface area contributed by atoms with Crippen LogP contribution in [0.3, 0.4) is 0 Å². The van der Waals surface area contributed by atoms with Gasteiger partial charge in [-0.15, -0.1) is 24.0 Å². The van der Waals surface area contributed by atoms with Crippen molar-refractivity contribution in [3.8, 4) is 5.75 Å². The van der Waals surface area contributed by atoms with E-state index < -0.39 is 0 Å². The maximum atomic E-state index is 6.07. The van der Waals surface area contributed by atoms with E-state index in [1.165, 1.54) is 0 Å². The van der Waals surface area contributed by atoms with E-state index >= 15 is 0 Å². The van der Waals surface area contributed by atoms with Gasteiger partial charge in [0.1, 0.15) is 5.75 Å². The van der Waals surface area contributed by atoms with E-state index in [1.807, 2.05) is 30.3 Å². The smallest absolute Gasteiger partial charge is 0.193 e. The van der Waals surface area contributed by atoms with Gasteiger partial charge in [-0.2, -0.15) is 0 Å². The van der Waals surface area contributed by atoms with Crippen LogP contribution in [-0.2, 0) is 11.3 Å². The minimum Gasteiger partial charge on any atom is -0.497 e. The van der Waals surface area contributed by atoms with Crippen LogP contribution in [0.4, 0.5) is 5.69 Å². The molecule has 0 amide bonds. The summed E-state index contributed by atoms with van der Waals surface area (Å²) >= 11 is 11.9. The quantitative estimate of drug-likeness (QED) is 0.255. The summed E-state index contributed by atoms with van der Waals surface area (Å²) in [5.74, 6) is 1.11. The average molecular weight is 496 g/mol. The third-order valence-electron chi connectivity index (χ3n) is 3.15. The minimum absolute atomic E-state index is 0. The van der Waals surface area contributed by atoms with Gasteiger partial charge in [-0.1, -0.05) is 29.3 Å². The lowest BCUT2D eigenvalue weighted by Gasteiger charge is -2.07.